The van der Waals surface area contributed by atoms with Gasteiger partial charge >= 0.3 is 0 Å². The van der Waals surface area contributed by atoms with Gasteiger partial charge in [0, 0.05) is 24.2 Å². The molecule has 3 heteroatoms. The quantitative estimate of drug-likeness (QED) is 0.908. The summed E-state index contributed by atoms with van der Waals surface area (Å²) < 4.78 is 0. The Balaban J connectivity index is 2.17. The van der Waals surface area contributed by atoms with Crippen molar-refractivity contribution in [2.45, 2.75) is 52.0 Å². The molecule has 104 valence electrons. The molecular formula is C16H24N2O. The lowest BCUT2D eigenvalue weighted by atomic mass is 9.96. The number of nitrogens with zero attached hydrogens (tertiary/aromatic N) is 1. The molecule has 2 N–H and O–H groups in total. The molecule has 0 unspecified atom stereocenters. The predicted octanol–water partition coefficient (Wildman–Crippen LogP) is 2.79. The maximum Gasteiger partial charge on any atom is 0.227 e. The summed E-state index contributed by atoms with van der Waals surface area (Å²) in [6, 6.07) is 6.29. The van der Waals surface area contributed by atoms with Crippen LogP contribution in [0.1, 0.15) is 44.2 Å². The van der Waals surface area contributed by atoms with E-state index in [1.54, 1.807) is 0 Å². The van der Waals surface area contributed by atoms with Gasteiger partial charge in [-0.2, -0.15) is 0 Å². The van der Waals surface area contributed by atoms with Crippen LogP contribution >= 0.6 is 0 Å². The van der Waals surface area contributed by atoms with Gasteiger partial charge in [-0.05, 0) is 51.2 Å². The molecule has 1 heterocycles. The molecule has 3 nitrogen and oxygen atoms in total. The second kappa shape index (κ2) is 5.33. The zero-order valence-electron chi connectivity index (χ0n) is 12.2. The molecule has 1 aliphatic rings. The Hall–Kier alpha value is -1.35. The van der Waals surface area contributed by atoms with E-state index in [0.29, 0.717) is 6.42 Å². The summed E-state index contributed by atoms with van der Waals surface area (Å²) in [6.45, 7) is 6.85. The van der Waals surface area contributed by atoms with E-state index in [2.05, 4.69) is 25.1 Å². The number of fused-ring (bicyclic) bond motifs is 1. The van der Waals surface area contributed by atoms with Crippen LogP contribution in [0.3, 0.4) is 0 Å². The van der Waals surface area contributed by atoms with E-state index < -0.39 is 0 Å². The van der Waals surface area contributed by atoms with Gasteiger partial charge in [-0.3, -0.25) is 4.79 Å². The minimum absolute atomic E-state index is 0.203. The van der Waals surface area contributed by atoms with Crippen LogP contribution < -0.4 is 10.6 Å². The van der Waals surface area contributed by atoms with E-state index in [0.717, 1.165) is 31.5 Å². The average Bonchev–Trinajstić information content (AvgIpc) is 2.35. The number of hydrogen-bond acceptors (Lipinski definition) is 2. The van der Waals surface area contributed by atoms with Crippen molar-refractivity contribution in [2.24, 2.45) is 5.73 Å². The molecule has 1 amide bonds. The van der Waals surface area contributed by atoms with Crippen LogP contribution in [0.5, 0.6) is 0 Å². The molecule has 1 aromatic rings. The van der Waals surface area contributed by atoms with E-state index in [-0.39, 0.29) is 11.4 Å². The number of para-hydroxylation sites is 1. The predicted molar refractivity (Wildman–Crippen MR) is 79.4 cm³/mol. The standard InChI is InChI=1S/C16H24N2O/c1-12-6-4-7-13-8-5-11-18(15(12)13)14(19)9-10-16(2,3)17/h4,6-7H,5,8-11,17H2,1-3H3. The van der Waals surface area contributed by atoms with Gasteiger partial charge in [-0.1, -0.05) is 18.2 Å². The highest BCUT2D eigenvalue weighted by atomic mass is 16.2. The van der Waals surface area contributed by atoms with E-state index >= 15 is 0 Å². The number of hydrogen-bond donors (Lipinski definition) is 1. The van der Waals surface area contributed by atoms with Crippen LogP contribution in [0.15, 0.2) is 18.2 Å². The molecule has 0 atom stereocenters. The van der Waals surface area contributed by atoms with Gasteiger partial charge < -0.3 is 10.6 Å². The number of amides is 1. The fourth-order valence-corrected chi connectivity index (χ4v) is 2.66. The van der Waals surface area contributed by atoms with Crippen molar-refractivity contribution in [1.82, 2.24) is 0 Å². The van der Waals surface area contributed by atoms with Crippen molar-refractivity contribution in [3.63, 3.8) is 0 Å². The first-order valence-corrected chi connectivity index (χ1v) is 7.06. The smallest absolute Gasteiger partial charge is 0.227 e. The van der Waals surface area contributed by atoms with E-state index in [9.17, 15) is 4.79 Å². The Bertz CT molecular complexity index is 474. The number of carbonyl (C=O) groups is 1. The maximum atomic E-state index is 12.4. The molecule has 0 aromatic heterocycles. The third-order valence-corrected chi connectivity index (χ3v) is 3.70. The molecule has 0 spiro atoms. The Kier molecular flexibility index (Phi) is 3.95. The number of aryl methyl sites for hydroxylation is 2. The van der Waals surface area contributed by atoms with Gasteiger partial charge in [0.1, 0.15) is 0 Å². The van der Waals surface area contributed by atoms with Crippen LogP contribution in [0.2, 0.25) is 0 Å². The zero-order chi connectivity index (χ0) is 14.0. The van der Waals surface area contributed by atoms with Gasteiger partial charge in [0.2, 0.25) is 5.91 Å². The first-order valence-electron chi connectivity index (χ1n) is 7.06. The largest absolute Gasteiger partial charge is 0.326 e. The summed E-state index contributed by atoms with van der Waals surface area (Å²) in [6.07, 6.45) is 3.37. The molecule has 0 saturated carbocycles. The fourth-order valence-electron chi connectivity index (χ4n) is 2.66. The Labute approximate surface area is 115 Å². The Morgan fingerprint density at radius 2 is 2.16 bits per heavy atom. The fraction of sp³-hybridized carbons (Fsp3) is 0.562. The van der Waals surface area contributed by atoms with E-state index in [4.69, 9.17) is 5.73 Å². The molecule has 1 aliphatic heterocycles. The lowest BCUT2D eigenvalue weighted by molar-refractivity contribution is -0.119. The van der Waals surface area contributed by atoms with Crippen molar-refractivity contribution >= 4 is 11.6 Å². The Morgan fingerprint density at radius 1 is 1.42 bits per heavy atom. The van der Waals surface area contributed by atoms with Crippen molar-refractivity contribution in [2.75, 3.05) is 11.4 Å². The number of nitrogens with two attached hydrogens (primary N) is 1. The van der Waals surface area contributed by atoms with Gasteiger partial charge in [0.15, 0.2) is 0 Å². The zero-order valence-corrected chi connectivity index (χ0v) is 12.2. The molecule has 19 heavy (non-hydrogen) atoms. The normalized spacial score (nSPS) is 15.3. The van der Waals surface area contributed by atoms with Crippen molar-refractivity contribution < 1.29 is 4.79 Å². The van der Waals surface area contributed by atoms with E-state index in [1.807, 2.05) is 18.7 Å². The number of benzene rings is 1. The monoisotopic (exact) mass is 260 g/mol. The highest BCUT2D eigenvalue weighted by molar-refractivity contribution is 5.95. The number of rotatable bonds is 3. The van der Waals surface area contributed by atoms with Crippen LogP contribution in [0.25, 0.3) is 0 Å². The molecule has 1 aromatic carbocycles. The van der Waals surface area contributed by atoms with E-state index in [1.165, 1.54) is 11.1 Å². The van der Waals surface area contributed by atoms with Crippen LogP contribution in [0.4, 0.5) is 5.69 Å². The highest BCUT2D eigenvalue weighted by Gasteiger charge is 2.24. The third-order valence-electron chi connectivity index (χ3n) is 3.70. The second-order valence-electron chi connectivity index (χ2n) is 6.22. The van der Waals surface area contributed by atoms with Gasteiger partial charge in [-0.15, -0.1) is 0 Å². The summed E-state index contributed by atoms with van der Waals surface area (Å²) >= 11 is 0. The molecule has 0 radical (unpaired) electrons. The highest BCUT2D eigenvalue weighted by Crippen LogP contribution is 2.31. The number of anilines is 1. The summed E-state index contributed by atoms with van der Waals surface area (Å²) in [7, 11) is 0. The van der Waals surface area contributed by atoms with Crippen LogP contribution in [-0.4, -0.2) is 18.0 Å². The lowest BCUT2D eigenvalue weighted by Crippen LogP contribution is -2.39. The minimum atomic E-state index is -0.278. The average molecular weight is 260 g/mol. The topological polar surface area (TPSA) is 46.3 Å². The molecule has 0 fully saturated rings. The summed E-state index contributed by atoms with van der Waals surface area (Å²) in [4.78, 5) is 14.4. The van der Waals surface area contributed by atoms with Gasteiger partial charge in [0.05, 0.1) is 0 Å². The summed E-state index contributed by atoms with van der Waals surface area (Å²) in [5, 5.41) is 0. The Morgan fingerprint density at radius 3 is 2.84 bits per heavy atom. The van der Waals surface area contributed by atoms with Crippen LogP contribution in [-0.2, 0) is 11.2 Å². The number of carbonyl (C=O) groups excluding carboxylic acids is 1. The SMILES string of the molecule is Cc1cccc2c1N(C(=O)CCC(C)(C)N)CCC2. The van der Waals surface area contributed by atoms with Crippen molar-refractivity contribution in [3.05, 3.63) is 29.3 Å². The van der Waals surface area contributed by atoms with Crippen LogP contribution in [0, 0.1) is 6.92 Å². The molecular weight excluding hydrogens is 236 g/mol. The second-order valence-corrected chi connectivity index (χ2v) is 6.22. The minimum Gasteiger partial charge on any atom is -0.326 e. The molecule has 0 aliphatic carbocycles. The maximum absolute atomic E-state index is 12.4. The van der Waals surface area contributed by atoms with Gasteiger partial charge in [-0.25, -0.2) is 0 Å². The molecule has 0 bridgehead atoms. The first kappa shape index (κ1) is 14.1. The van der Waals surface area contributed by atoms with Crippen molar-refractivity contribution in [1.29, 1.82) is 0 Å². The summed E-state index contributed by atoms with van der Waals surface area (Å²) in [5.41, 5.74) is 9.31. The first-order chi connectivity index (χ1) is 8.88. The van der Waals surface area contributed by atoms with Crippen molar-refractivity contribution in [3.8, 4) is 0 Å². The van der Waals surface area contributed by atoms with Gasteiger partial charge in [0.25, 0.3) is 0 Å². The third kappa shape index (κ3) is 3.35. The lowest BCUT2D eigenvalue weighted by Gasteiger charge is -2.32. The summed E-state index contributed by atoms with van der Waals surface area (Å²) in [5.74, 6) is 0.203. The molecule has 0 saturated heterocycles. The molecule has 2 rings (SSSR count).